The van der Waals surface area contributed by atoms with Crippen molar-refractivity contribution in [1.29, 1.82) is 0 Å². The molecule has 1 aliphatic rings. The Morgan fingerprint density at radius 1 is 1.10 bits per heavy atom. The van der Waals surface area contributed by atoms with Gasteiger partial charge in [-0.3, -0.25) is 9.59 Å². The highest BCUT2D eigenvalue weighted by Crippen LogP contribution is 2.22. The predicted molar refractivity (Wildman–Crippen MR) is 116 cm³/mol. The van der Waals surface area contributed by atoms with Gasteiger partial charge < -0.3 is 19.5 Å². The van der Waals surface area contributed by atoms with Crippen molar-refractivity contribution in [3.05, 3.63) is 65.9 Å². The summed E-state index contributed by atoms with van der Waals surface area (Å²) in [6.45, 7) is 2.22. The van der Waals surface area contributed by atoms with Gasteiger partial charge in [-0.2, -0.15) is 0 Å². The zero-order chi connectivity index (χ0) is 20.9. The third-order valence-corrected chi connectivity index (χ3v) is 5.67. The van der Waals surface area contributed by atoms with Crippen LogP contribution in [0.2, 0.25) is 0 Å². The van der Waals surface area contributed by atoms with Crippen molar-refractivity contribution in [2.75, 3.05) is 20.2 Å². The summed E-state index contributed by atoms with van der Waals surface area (Å²) >= 11 is 0. The molecule has 4 rings (SSSR count). The molecular formula is C24H27N3O3. The van der Waals surface area contributed by atoms with Crippen LogP contribution in [0, 0.1) is 0 Å². The molecule has 0 saturated carbocycles. The molecule has 0 unspecified atom stereocenters. The van der Waals surface area contributed by atoms with Crippen molar-refractivity contribution in [1.82, 2.24) is 14.8 Å². The van der Waals surface area contributed by atoms with Gasteiger partial charge in [-0.05, 0) is 48.2 Å². The number of fused-ring (bicyclic) bond motifs is 2. The first-order chi connectivity index (χ1) is 14.6. The summed E-state index contributed by atoms with van der Waals surface area (Å²) in [5.41, 5.74) is 3.57. The van der Waals surface area contributed by atoms with E-state index in [0.29, 0.717) is 25.9 Å². The maximum Gasteiger partial charge on any atom is 0.239 e. The van der Waals surface area contributed by atoms with Crippen LogP contribution in [0.4, 0.5) is 0 Å². The molecule has 3 aromatic rings. The fourth-order valence-corrected chi connectivity index (χ4v) is 3.99. The molecule has 30 heavy (non-hydrogen) atoms. The van der Waals surface area contributed by atoms with Crippen LogP contribution >= 0.6 is 0 Å². The molecule has 1 aromatic heterocycles. The molecule has 0 atom stereocenters. The zero-order valence-corrected chi connectivity index (χ0v) is 17.3. The smallest absolute Gasteiger partial charge is 0.239 e. The molecule has 2 heterocycles. The number of carbonyl (C=O) groups is 2. The second-order valence-corrected chi connectivity index (χ2v) is 7.66. The van der Waals surface area contributed by atoms with Gasteiger partial charge in [-0.1, -0.05) is 24.3 Å². The molecule has 0 radical (unpaired) electrons. The Morgan fingerprint density at radius 2 is 1.93 bits per heavy atom. The van der Waals surface area contributed by atoms with E-state index in [1.165, 1.54) is 11.1 Å². The van der Waals surface area contributed by atoms with E-state index in [2.05, 4.69) is 17.4 Å². The van der Waals surface area contributed by atoms with E-state index in [1.807, 2.05) is 52.1 Å². The van der Waals surface area contributed by atoms with E-state index >= 15 is 0 Å². The molecule has 0 spiro atoms. The van der Waals surface area contributed by atoms with Gasteiger partial charge in [0.2, 0.25) is 11.8 Å². The summed E-state index contributed by atoms with van der Waals surface area (Å²) in [5, 5.41) is 3.96. The van der Waals surface area contributed by atoms with Crippen LogP contribution in [0.15, 0.2) is 54.7 Å². The maximum absolute atomic E-state index is 12.5. The minimum Gasteiger partial charge on any atom is -0.497 e. The predicted octanol–water partition coefficient (Wildman–Crippen LogP) is 3.13. The summed E-state index contributed by atoms with van der Waals surface area (Å²) in [4.78, 5) is 26.7. The van der Waals surface area contributed by atoms with Crippen molar-refractivity contribution in [3.8, 4) is 5.75 Å². The molecule has 156 valence electrons. The van der Waals surface area contributed by atoms with Gasteiger partial charge in [0, 0.05) is 43.2 Å². The van der Waals surface area contributed by atoms with E-state index in [4.69, 9.17) is 4.74 Å². The minimum absolute atomic E-state index is 0.0531. The van der Waals surface area contributed by atoms with Gasteiger partial charge in [0.15, 0.2) is 0 Å². The quantitative estimate of drug-likeness (QED) is 0.615. The molecule has 0 fully saturated rings. The topological polar surface area (TPSA) is 63.6 Å². The number of ether oxygens (including phenoxy) is 1. The molecule has 6 heteroatoms. The largest absolute Gasteiger partial charge is 0.497 e. The zero-order valence-electron chi connectivity index (χ0n) is 17.3. The van der Waals surface area contributed by atoms with E-state index in [9.17, 15) is 9.59 Å². The number of aromatic nitrogens is 1. The lowest BCUT2D eigenvalue weighted by molar-refractivity contribution is -0.132. The number of rotatable bonds is 7. The average molecular weight is 405 g/mol. The van der Waals surface area contributed by atoms with Gasteiger partial charge in [-0.25, -0.2) is 0 Å². The van der Waals surface area contributed by atoms with Crippen LogP contribution in [-0.2, 0) is 29.1 Å². The first-order valence-corrected chi connectivity index (χ1v) is 10.4. The van der Waals surface area contributed by atoms with E-state index in [-0.39, 0.29) is 18.4 Å². The number of hydrogen-bond donors (Lipinski definition) is 1. The highest BCUT2D eigenvalue weighted by atomic mass is 16.5. The maximum atomic E-state index is 12.5. The number of nitrogens with zero attached hydrogens (tertiary/aromatic N) is 2. The minimum atomic E-state index is -0.0531. The SMILES string of the molecule is COc1ccc2c(ccn2CC(=O)NCCCC(=O)N2CCc3ccccc3C2)c1. The lowest BCUT2D eigenvalue weighted by atomic mass is 9.99. The molecule has 1 aliphatic heterocycles. The Kier molecular flexibility index (Phi) is 6.02. The second kappa shape index (κ2) is 9.03. The van der Waals surface area contributed by atoms with E-state index in [1.54, 1.807) is 7.11 Å². The third-order valence-electron chi connectivity index (χ3n) is 5.67. The summed E-state index contributed by atoms with van der Waals surface area (Å²) in [6, 6.07) is 16.1. The Bertz CT molecular complexity index is 1060. The summed E-state index contributed by atoms with van der Waals surface area (Å²) < 4.78 is 7.16. The van der Waals surface area contributed by atoms with E-state index in [0.717, 1.165) is 29.6 Å². The standard InChI is InChI=1S/C24H27N3O3/c1-30-21-8-9-22-19(15-21)11-13-26(22)17-23(28)25-12-4-7-24(29)27-14-10-18-5-2-3-6-20(18)16-27/h2-3,5-6,8-9,11,13,15H,4,7,10,12,14,16-17H2,1H3,(H,25,28). The monoisotopic (exact) mass is 405 g/mol. The van der Waals surface area contributed by atoms with E-state index < -0.39 is 0 Å². The first-order valence-electron chi connectivity index (χ1n) is 10.4. The molecule has 0 saturated heterocycles. The van der Waals surface area contributed by atoms with Crippen molar-refractivity contribution in [2.24, 2.45) is 0 Å². The van der Waals surface area contributed by atoms with Gasteiger partial charge in [0.05, 0.1) is 7.11 Å². The van der Waals surface area contributed by atoms with Crippen LogP contribution in [0.5, 0.6) is 5.75 Å². The number of nitrogens with one attached hydrogen (secondary N) is 1. The molecule has 0 aliphatic carbocycles. The Hall–Kier alpha value is -3.28. The lowest BCUT2D eigenvalue weighted by Crippen LogP contribution is -2.36. The van der Waals surface area contributed by atoms with Gasteiger partial charge in [0.1, 0.15) is 12.3 Å². The van der Waals surface area contributed by atoms with Gasteiger partial charge >= 0.3 is 0 Å². The normalized spacial score (nSPS) is 13.2. The highest BCUT2D eigenvalue weighted by Gasteiger charge is 2.19. The van der Waals surface area contributed by atoms with Crippen molar-refractivity contribution < 1.29 is 14.3 Å². The molecular weight excluding hydrogens is 378 g/mol. The summed E-state index contributed by atoms with van der Waals surface area (Å²) in [5.74, 6) is 0.901. The van der Waals surface area contributed by atoms with Gasteiger partial charge in [-0.15, -0.1) is 0 Å². The molecule has 1 N–H and O–H groups in total. The first kappa shape index (κ1) is 20.0. The Labute approximate surface area is 176 Å². The van der Waals surface area contributed by atoms with Crippen LogP contribution in [0.3, 0.4) is 0 Å². The number of hydrogen-bond acceptors (Lipinski definition) is 3. The fraction of sp³-hybridized carbons (Fsp3) is 0.333. The number of carbonyl (C=O) groups excluding carboxylic acids is 2. The number of amides is 2. The third kappa shape index (κ3) is 4.48. The average Bonchev–Trinajstić information content (AvgIpc) is 3.17. The number of benzene rings is 2. The van der Waals surface area contributed by atoms with Crippen molar-refractivity contribution in [3.63, 3.8) is 0 Å². The van der Waals surface area contributed by atoms with Crippen molar-refractivity contribution in [2.45, 2.75) is 32.4 Å². The Morgan fingerprint density at radius 3 is 2.77 bits per heavy atom. The molecule has 2 amide bonds. The van der Waals surface area contributed by atoms with Crippen LogP contribution in [-0.4, -0.2) is 41.5 Å². The summed E-state index contributed by atoms with van der Waals surface area (Å²) in [7, 11) is 1.64. The molecule has 6 nitrogen and oxygen atoms in total. The van der Waals surface area contributed by atoms with Gasteiger partial charge in [0.25, 0.3) is 0 Å². The second-order valence-electron chi connectivity index (χ2n) is 7.66. The molecule has 2 aromatic carbocycles. The fourth-order valence-electron chi connectivity index (χ4n) is 3.99. The Balaban J connectivity index is 1.21. The number of methoxy groups -OCH3 is 1. The van der Waals surface area contributed by atoms with Crippen LogP contribution in [0.1, 0.15) is 24.0 Å². The van der Waals surface area contributed by atoms with Crippen LogP contribution < -0.4 is 10.1 Å². The summed E-state index contributed by atoms with van der Waals surface area (Å²) in [6.07, 6.45) is 3.91. The molecule has 0 bridgehead atoms. The lowest BCUT2D eigenvalue weighted by Gasteiger charge is -2.29. The highest BCUT2D eigenvalue weighted by molar-refractivity contribution is 5.84. The van der Waals surface area contributed by atoms with Crippen LogP contribution in [0.25, 0.3) is 10.9 Å². The van der Waals surface area contributed by atoms with Crippen molar-refractivity contribution >= 4 is 22.7 Å².